The summed E-state index contributed by atoms with van der Waals surface area (Å²) in [4.78, 5) is 11.7. The molecule has 0 aliphatic carbocycles. The zero-order valence-corrected chi connectivity index (χ0v) is 12.2. The monoisotopic (exact) mass is 304 g/mol. The molecule has 1 aromatic rings. The second-order valence-corrected chi connectivity index (χ2v) is 5.56. The van der Waals surface area contributed by atoms with E-state index in [-0.39, 0.29) is 18.1 Å². The molecule has 0 heterocycles. The minimum Gasteiger partial charge on any atom is -0.352 e. The van der Waals surface area contributed by atoms with E-state index in [1.54, 1.807) is 20.8 Å². The van der Waals surface area contributed by atoms with Gasteiger partial charge in [-0.3, -0.25) is 4.79 Å². The summed E-state index contributed by atoms with van der Waals surface area (Å²) in [5.41, 5.74) is -1.23. The number of benzene rings is 1. The van der Waals surface area contributed by atoms with Crippen molar-refractivity contribution in [2.24, 2.45) is 9.78 Å². The average molecular weight is 304 g/mol. The number of hydrogen-bond donors (Lipinski definition) is 1. The maximum absolute atomic E-state index is 12.7. The summed E-state index contributed by atoms with van der Waals surface area (Å²) in [6.45, 7) is 5.38. The highest BCUT2D eigenvalue weighted by Crippen LogP contribution is 2.36. The maximum Gasteiger partial charge on any atom is 0.418 e. The fourth-order valence-electron chi connectivity index (χ4n) is 1.45. The van der Waals surface area contributed by atoms with Gasteiger partial charge in [-0.2, -0.15) is 17.5 Å². The minimum absolute atomic E-state index is 0.131. The molecule has 0 saturated carbocycles. The number of alkyl halides is 3. The molecule has 0 aromatic heterocycles. The van der Waals surface area contributed by atoms with Crippen molar-refractivity contribution < 1.29 is 18.0 Å². The van der Waals surface area contributed by atoms with Gasteiger partial charge in [0.15, 0.2) is 0 Å². The SMILES string of the molecule is CC(C)(C)C(=O)NCc1ccc(C(F)(F)F)c(N=S)c1. The van der Waals surface area contributed by atoms with Crippen LogP contribution in [-0.2, 0) is 29.9 Å². The maximum atomic E-state index is 12.7. The molecule has 1 N–H and O–H groups in total. The summed E-state index contributed by atoms with van der Waals surface area (Å²) >= 11 is 4.37. The van der Waals surface area contributed by atoms with E-state index in [4.69, 9.17) is 0 Å². The molecule has 0 spiro atoms. The Morgan fingerprint density at radius 1 is 1.30 bits per heavy atom. The van der Waals surface area contributed by atoms with E-state index in [9.17, 15) is 18.0 Å². The molecule has 0 bridgehead atoms. The lowest BCUT2D eigenvalue weighted by atomic mass is 9.95. The molecule has 0 aliphatic heterocycles. The van der Waals surface area contributed by atoms with Crippen LogP contribution in [0.25, 0.3) is 0 Å². The highest BCUT2D eigenvalue weighted by Gasteiger charge is 2.33. The Labute approximate surface area is 120 Å². The molecule has 0 unspecified atom stereocenters. The van der Waals surface area contributed by atoms with Crippen LogP contribution in [0.4, 0.5) is 18.9 Å². The van der Waals surface area contributed by atoms with Gasteiger partial charge in [-0.15, -0.1) is 0 Å². The van der Waals surface area contributed by atoms with E-state index in [2.05, 4.69) is 22.1 Å². The molecule has 3 nitrogen and oxygen atoms in total. The Morgan fingerprint density at radius 3 is 2.35 bits per heavy atom. The third-order valence-electron chi connectivity index (χ3n) is 2.60. The van der Waals surface area contributed by atoms with Gasteiger partial charge in [-0.1, -0.05) is 26.8 Å². The second kappa shape index (κ2) is 5.87. The Morgan fingerprint density at radius 2 is 1.90 bits per heavy atom. The predicted octanol–water partition coefficient (Wildman–Crippen LogP) is 3.73. The average Bonchev–Trinajstić information content (AvgIpc) is 2.33. The molecule has 0 atom stereocenters. The molecular formula is C13H15F3N2OS. The molecular weight excluding hydrogens is 289 g/mol. The quantitative estimate of drug-likeness (QED) is 0.924. The number of amides is 1. The van der Waals surface area contributed by atoms with E-state index >= 15 is 0 Å². The molecule has 0 saturated heterocycles. The molecule has 7 heteroatoms. The Bertz CT molecular complexity index is 521. The predicted molar refractivity (Wildman–Crippen MR) is 72.2 cm³/mol. The molecule has 1 amide bonds. The van der Waals surface area contributed by atoms with Crippen LogP contribution >= 0.6 is 0 Å². The molecule has 110 valence electrons. The summed E-state index contributed by atoms with van der Waals surface area (Å²) in [5, 5.41) is 2.65. The van der Waals surface area contributed by atoms with Crippen molar-refractivity contribution in [1.29, 1.82) is 0 Å². The first kappa shape index (κ1) is 16.6. The van der Waals surface area contributed by atoms with Crippen molar-refractivity contribution in [3.8, 4) is 0 Å². The molecule has 1 rings (SSSR count). The van der Waals surface area contributed by atoms with Crippen LogP contribution in [0.5, 0.6) is 0 Å². The molecule has 0 radical (unpaired) electrons. The Hall–Kier alpha value is -1.50. The van der Waals surface area contributed by atoms with E-state index in [1.165, 1.54) is 12.1 Å². The summed E-state index contributed by atoms with van der Waals surface area (Å²) in [6, 6.07) is 3.46. The van der Waals surface area contributed by atoms with Crippen LogP contribution in [0.15, 0.2) is 22.6 Å². The summed E-state index contributed by atoms with van der Waals surface area (Å²) in [5.74, 6) is -0.186. The first-order valence-electron chi connectivity index (χ1n) is 5.87. The zero-order valence-electron chi connectivity index (χ0n) is 11.3. The first-order valence-corrected chi connectivity index (χ1v) is 6.24. The summed E-state index contributed by atoms with van der Waals surface area (Å²) in [7, 11) is 0. The van der Waals surface area contributed by atoms with Crippen LogP contribution < -0.4 is 5.32 Å². The molecule has 0 aliphatic rings. The van der Waals surface area contributed by atoms with Crippen LogP contribution in [0.1, 0.15) is 31.9 Å². The topological polar surface area (TPSA) is 41.5 Å². The van der Waals surface area contributed by atoms with Crippen molar-refractivity contribution >= 4 is 24.0 Å². The highest BCUT2D eigenvalue weighted by atomic mass is 32.1. The largest absolute Gasteiger partial charge is 0.418 e. The van der Waals surface area contributed by atoms with E-state index in [0.717, 1.165) is 6.07 Å². The smallest absolute Gasteiger partial charge is 0.352 e. The van der Waals surface area contributed by atoms with Gasteiger partial charge in [0.2, 0.25) is 5.91 Å². The summed E-state index contributed by atoms with van der Waals surface area (Å²) < 4.78 is 41.2. The highest BCUT2D eigenvalue weighted by molar-refractivity contribution is 7.47. The molecule has 20 heavy (non-hydrogen) atoms. The number of carbonyl (C=O) groups excluding carboxylic acids is 1. The van der Waals surface area contributed by atoms with Crippen molar-refractivity contribution in [2.45, 2.75) is 33.5 Å². The van der Waals surface area contributed by atoms with Crippen LogP contribution in [0, 0.1) is 5.41 Å². The Kier molecular flexibility index (Phi) is 4.86. The lowest BCUT2D eigenvalue weighted by molar-refractivity contribution is -0.137. The fraction of sp³-hybridized carbons (Fsp3) is 0.462. The van der Waals surface area contributed by atoms with Gasteiger partial charge in [0, 0.05) is 24.4 Å². The van der Waals surface area contributed by atoms with E-state index in [0.29, 0.717) is 5.56 Å². The van der Waals surface area contributed by atoms with Crippen LogP contribution in [0.2, 0.25) is 0 Å². The number of carbonyl (C=O) groups is 1. The van der Waals surface area contributed by atoms with Crippen molar-refractivity contribution in [3.05, 3.63) is 29.3 Å². The lowest BCUT2D eigenvalue weighted by Gasteiger charge is -2.18. The van der Waals surface area contributed by atoms with Crippen molar-refractivity contribution in [1.82, 2.24) is 5.32 Å². The van der Waals surface area contributed by atoms with E-state index in [1.807, 2.05) is 0 Å². The number of nitrogens with zero attached hydrogens (tertiary/aromatic N) is 1. The fourth-order valence-corrected chi connectivity index (χ4v) is 1.60. The number of hydrogen-bond acceptors (Lipinski definition) is 3. The number of rotatable bonds is 3. The van der Waals surface area contributed by atoms with Gasteiger partial charge in [0.25, 0.3) is 0 Å². The Balaban J connectivity index is 2.90. The van der Waals surface area contributed by atoms with Gasteiger partial charge in [-0.05, 0) is 17.7 Å². The number of halogens is 3. The van der Waals surface area contributed by atoms with Gasteiger partial charge in [-0.25, -0.2) is 0 Å². The number of nitrogens with one attached hydrogen (secondary N) is 1. The van der Waals surface area contributed by atoms with Crippen molar-refractivity contribution in [2.75, 3.05) is 0 Å². The normalized spacial score (nSPS) is 12.1. The van der Waals surface area contributed by atoms with Crippen LogP contribution in [-0.4, -0.2) is 5.91 Å². The standard InChI is InChI=1S/C13H15F3N2OS/c1-12(2,3)11(19)17-7-8-4-5-9(13(14,15)16)10(6-8)18-20/h4-6H,7H2,1-3H3,(H,17,19). The zero-order chi connectivity index (χ0) is 15.6. The van der Waals surface area contributed by atoms with Crippen molar-refractivity contribution in [3.63, 3.8) is 0 Å². The van der Waals surface area contributed by atoms with Gasteiger partial charge in [0.1, 0.15) is 0 Å². The van der Waals surface area contributed by atoms with Gasteiger partial charge in [0.05, 0.1) is 11.3 Å². The minimum atomic E-state index is -4.50. The third kappa shape index (κ3) is 4.26. The lowest BCUT2D eigenvalue weighted by Crippen LogP contribution is -2.34. The summed E-state index contributed by atoms with van der Waals surface area (Å²) in [6.07, 6.45) is -4.50. The molecule has 0 fully saturated rings. The second-order valence-electron chi connectivity index (χ2n) is 5.37. The molecule has 1 aromatic carbocycles. The third-order valence-corrected chi connectivity index (χ3v) is 2.80. The van der Waals surface area contributed by atoms with Gasteiger partial charge >= 0.3 is 6.18 Å². The van der Waals surface area contributed by atoms with Crippen LogP contribution in [0.3, 0.4) is 0 Å². The van der Waals surface area contributed by atoms with Gasteiger partial charge < -0.3 is 5.32 Å². The first-order chi connectivity index (χ1) is 9.05. The van der Waals surface area contributed by atoms with E-state index < -0.39 is 17.2 Å².